The highest BCUT2D eigenvalue weighted by atomic mass is 16.6. The molecule has 0 fully saturated rings. The minimum absolute atomic E-state index is 0.425. The first-order valence-electron chi connectivity index (χ1n) is 2.75. The van der Waals surface area contributed by atoms with Crippen LogP contribution < -0.4 is 0 Å². The van der Waals surface area contributed by atoms with E-state index in [-0.39, 0.29) is 0 Å². The van der Waals surface area contributed by atoms with Crippen LogP contribution in [0.3, 0.4) is 0 Å². The summed E-state index contributed by atoms with van der Waals surface area (Å²) in [6, 6.07) is 0. The Hall–Kier alpha value is -0.0551. The van der Waals surface area contributed by atoms with E-state index in [2.05, 4.69) is 4.65 Å². The van der Waals surface area contributed by atoms with E-state index in [4.69, 9.17) is 10.0 Å². The van der Waals surface area contributed by atoms with Crippen molar-refractivity contribution in [3.8, 4) is 0 Å². The molecule has 3 nitrogen and oxygen atoms in total. The lowest BCUT2D eigenvalue weighted by atomic mass is 10.2. The van der Waals surface area contributed by atoms with Crippen LogP contribution in [0.1, 0.15) is 19.8 Å². The highest BCUT2D eigenvalue weighted by Crippen LogP contribution is 1.86. The van der Waals surface area contributed by atoms with Crippen molar-refractivity contribution < 1.29 is 14.7 Å². The molecule has 8 heavy (non-hydrogen) atoms. The van der Waals surface area contributed by atoms with E-state index >= 15 is 0 Å². The van der Waals surface area contributed by atoms with Gasteiger partial charge in [-0.25, -0.2) is 0 Å². The molecule has 4 heteroatoms. The fourth-order valence-electron chi connectivity index (χ4n) is 0.333. The minimum atomic E-state index is -1.60. The molecule has 0 heterocycles. The zero-order valence-corrected chi connectivity index (χ0v) is 5.00. The van der Waals surface area contributed by atoms with Crippen molar-refractivity contribution in [1.82, 2.24) is 0 Å². The third-order valence-corrected chi connectivity index (χ3v) is 0.765. The molecule has 0 rings (SSSR count). The lowest BCUT2D eigenvalue weighted by molar-refractivity contribution is 0.183. The van der Waals surface area contributed by atoms with Crippen LogP contribution in [0.25, 0.3) is 0 Å². The number of hydrogen-bond donors (Lipinski definition) is 2. The summed E-state index contributed by atoms with van der Waals surface area (Å²) >= 11 is 0. The summed E-state index contributed by atoms with van der Waals surface area (Å²) in [7, 11) is -1.60. The van der Waals surface area contributed by atoms with E-state index in [0.717, 1.165) is 12.8 Å². The molecule has 0 saturated heterocycles. The van der Waals surface area contributed by atoms with E-state index in [1.807, 2.05) is 6.92 Å². The first kappa shape index (κ1) is 7.94. The average molecular weight is 118 g/mol. The summed E-state index contributed by atoms with van der Waals surface area (Å²) in [6.45, 7) is 2.43. The lowest BCUT2D eigenvalue weighted by Crippen LogP contribution is -2.17. The fourth-order valence-corrected chi connectivity index (χ4v) is 0.333. The summed E-state index contributed by atoms with van der Waals surface area (Å²) in [5, 5.41) is 16.2. The largest absolute Gasteiger partial charge is 0.633 e. The standard InChI is InChI=1S/C4H11BO3/c1-2-3-4-8-5(6)7/h6-7H,2-4H2,1H3. The van der Waals surface area contributed by atoms with Crippen LogP contribution >= 0.6 is 0 Å². The fraction of sp³-hybridized carbons (Fsp3) is 1.00. The molecular formula is C4H11BO3. The van der Waals surface area contributed by atoms with Gasteiger partial charge < -0.3 is 14.7 Å². The molecule has 0 aromatic carbocycles. The average Bonchev–Trinajstić information content (AvgIpc) is 1.66. The van der Waals surface area contributed by atoms with E-state index in [1.54, 1.807) is 0 Å². The second-order valence-corrected chi connectivity index (χ2v) is 1.55. The maximum absolute atomic E-state index is 8.11. The van der Waals surface area contributed by atoms with E-state index < -0.39 is 7.32 Å². The van der Waals surface area contributed by atoms with Gasteiger partial charge >= 0.3 is 7.32 Å². The van der Waals surface area contributed by atoms with Gasteiger partial charge in [0.1, 0.15) is 0 Å². The van der Waals surface area contributed by atoms with Gasteiger partial charge in [-0.05, 0) is 6.42 Å². The molecule has 0 aliphatic heterocycles. The smallest absolute Gasteiger partial charge is 0.402 e. The summed E-state index contributed by atoms with van der Waals surface area (Å²) in [6.07, 6.45) is 1.88. The molecule has 0 atom stereocenters. The van der Waals surface area contributed by atoms with Gasteiger partial charge in [-0.3, -0.25) is 0 Å². The highest BCUT2D eigenvalue weighted by Gasteiger charge is 2.05. The molecule has 0 amide bonds. The van der Waals surface area contributed by atoms with Gasteiger partial charge in [-0.2, -0.15) is 0 Å². The normalized spacial score (nSPS) is 9.38. The van der Waals surface area contributed by atoms with Crippen LogP contribution in [0.5, 0.6) is 0 Å². The third-order valence-electron chi connectivity index (χ3n) is 0.765. The lowest BCUT2D eigenvalue weighted by Gasteiger charge is -1.97. The maximum atomic E-state index is 8.11. The number of unbranched alkanes of at least 4 members (excludes halogenated alkanes) is 1. The van der Waals surface area contributed by atoms with Crippen molar-refractivity contribution in [1.29, 1.82) is 0 Å². The molecule has 0 aromatic heterocycles. The van der Waals surface area contributed by atoms with Gasteiger partial charge in [0, 0.05) is 6.61 Å². The van der Waals surface area contributed by atoms with Crippen molar-refractivity contribution in [2.24, 2.45) is 0 Å². The van der Waals surface area contributed by atoms with Crippen LogP contribution in [-0.4, -0.2) is 24.0 Å². The monoisotopic (exact) mass is 118 g/mol. The van der Waals surface area contributed by atoms with Crippen molar-refractivity contribution in [2.45, 2.75) is 19.8 Å². The molecule has 48 valence electrons. The Morgan fingerprint density at radius 2 is 2.12 bits per heavy atom. The Balaban J connectivity index is 2.72. The molecule has 0 aliphatic carbocycles. The van der Waals surface area contributed by atoms with Crippen molar-refractivity contribution in [3.63, 3.8) is 0 Å². The second kappa shape index (κ2) is 5.09. The zero-order chi connectivity index (χ0) is 6.41. The van der Waals surface area contributed by atoms with Gasteiger partial charge in [0.2, 0.25) is 0 Å². The van der Waals surface area contributed by atoms with Crippen molar-refractivity contribution in [3.05, 3.63) is 0 Å². The van der Waals surface area contributed by atoms with Gasteiger partial charge in [-0.1, -0.05) is 13.3 Å². The molecule has 2 N–H and O–H groups in total. The summed E-state index contributed by atoms with van der Waals surface area (Å²) in [5.41, 5.74) is 0. The van der Waals surface area contributed by atoms with Gasteiger partial charge in [0.25, 0.3) is 0 Å². The molecule has 0 bridgehead atoms. The van der Waals surface area contributed by atoms with Crippen molar-refractivity contribution >= 4 is 7.32 Å². The topological polar surface area (TPSA) is 49.7 Å². The first-order valence-corrected chi connectivity index (χ1v) is 2.75. The van der Waals surface area contributed by atoms with Crippen LogP contribution in [0.2, 0.25) is 0 Å². The van der Waals surface area contributed by atoms with E-state index in [0.29, 0.717) is 6.61 Å². The molecule has 0 saturated carbocycles. The first-order chi connectivity index (χ1) is 3.77. The molecule has 0 aromatic rings. The summed E-state index contributed by atoms with van der Waals surface area (Å²) in [5.74, 6) is 0. The Bertz CT molecular complexity index is 48.5. The van der Waals surface area contributed by atoms with E-state index in [9.17, 15) is 0 Å². The quantitative estimate of drug-likeness (QED) is 0.396. The van der Waals surface area contributed by atoms with Crippen LogP contribution in [0.4, 0.5) is 0 Å². The van der Waals surface area contributed by atoms with Gasteiger partial charge in [-0.15, -0.1) is 0 Å². The Morgan fingerprint density at radius 3 is 2.50 bits per heavy atom. The predicted octanol–water partition coefficient (Wildman–Crippen LogP) is -0.227. The Labute approximate surface area is 49.5 Å². The summed E-state index contributed by atoms with van der Waals surface area (Å²) < 4.78 is 4.39. The molecule has 0 unspecified atom stereocenters. The van der Waals surface area contributed by atoms with Crippen LogP contribution in [0, 0.1) is 0 Å². The predicted molar refractivity (Wildman–Crippen MR) is 31.1 cm³/mol. The molecular weight excluding hydrogens is 107 g/mol. The van der Waals surface area contributed by atoms with Crippen LogP contribution in [-0.2, 0) is 4.65 Å². The number of hydrogen-bond acceptors (Lipinski definition) is 3. The molecule has 0 radical (unpaired) electrons. The second-order valence-electron chi connectivity index (χ2n) is 1.55. The van der Waals surface area contributed by atoms with Gasteiger partial charge in [0.15, 0.2) is 0 Å². The Kier molecular flexibility index (Phi) is 5.05. The summed E-state index contributed by atoms with van der Waals surface area (Å²) in [4.78, 5) is 0. The Morgan fingerprint density at radius 1 is 1.50 bits per heavy atom. The minimum Gasteiger partial charge on any atom is -0.402 e. The maximum Gasteiger partial charge on any atom is 0.633 e. The molecule has 0 aliphatic rings. The van der Waals surface area contributed by atoms with Crippen molar-refractivity contribution in [2.75, 3.05) is 6.61 Å². The highest BCUT2D eigenvalue weighted by molar-refractivity contribution is 6.32. The zero-order valence-electron chi connectivity index (χ0n) is 5.00. The van der Waals surface area contributed by atoms with Crippen LogP contribution in [0.15, 0.2) is 0 Å². The number of rotatable bonds is 4. The third kappa shape index (κ3) is 5.94. The van der Waals surface area contributed by atoms with Gasteiger partial charge in [0.05, 0.1) is 0 Å². The molecule has 0 spiro atoms. The van der Waals surface area contributed by atoms with E-state index in [1.165, 1.54) is 0 Å². The SMILES string of the molecule is CCCCOB(O)O.